The zero-order chi connectivity index (χ0) is 23.8. The number of pyridine rings is 1. The Labute approximate surface area is 196 Å². The molecule has 0 spiro atoms. The molecule has 0 amide bonds. The van der Waals surface area contributed by atoms with E-state index in [0.29, 0.717) is 30.2 Å². The van der Waals surface area contributed by atoms with Crippen molar-refractivity contribution in [1.29, 1.82) is 5.26 Å². The summed E-state index contributed by atoms with van der Waals surface area (Å²) in [6.45, 7) is 3.48. The molecule has 0 radical (unpaired) electrons. The van der Waals surface area contributed by atoms with Crippen LogP contribution in [-0.2, 0) is 19.5 Å². The Bertz CT molecular complexity index is 1440. The number of hydrogen-bond donors (Lipinski definition) is 1. The van der Waals surface area contributed by atoms with Gasteiger partial charge in [0.1, 0.15) is 17.6 Å². The summed E-state index contributed by atoms with van der Waals surface area (Å²) in [5.41, 5.74) is 5.78. The lowest BCUT2D eigenvalue weighted by Crippen LogP contribution is -2.12. The van der Waals surface area contributed by atoms with E-state index >= 15 is 0 Å². The van der Waals surface area contributed by atoms with Gasteiger partial charge in [0.05, 0.1) is 18.5 Å². The van der Waals surface area contributed by atoms with E-state index in [1.165, 1.54) is 6.07 Å². The summed E-state index contributed by atoms with van der Waals surface area (Å²) in [7, 11) is 4.00. The number of ether oxygens (including phenoxy) is 1. The molecule has 172 valence electrons. The highest BCUT2D eigenvalue weighted by atomic mass is 19.1. The topological polar surface area (TPSA) is 91.4 Å². The lowest BCUT2D eigenvalue weighted by molar-refractivity contribution is 0.356. The summed E-state index contributed by atoms with van der Waals surface area (Å²) in [6.07, 6.45) is 4.02. The predicted molar refractivity (Wildman–Crippen MR) is 126 cm³/mol. The molecule has 0 atom stereocenters. The molecule has 9 heteroatoms. The van der Waals surface area contributed by atoms with Crippen molar-refractivity contribution in [2.45, 2.75) is 26.4 Å². The molecule has 0 bridgehead atoms. The minimum Gasteiger partial charge on any atom is -0.493 e. The van der Waals surface area contributed by atoms with Crippen LogP contribution in [0.25, 0.3) is 16.8 Å². The van der Waals surface area contributed by atoms with Crippen molar-refractivity contribution in [3.05, 3.63) is 70.7 Å². The van der Waals surface area contributed by atoms with Gasteiger partial charge in [0.25, 0.3) is 0 Å². The van der Waals surface area contributed by atoms with Crippen LogP contribution in [0.2, 0.25) is 0 Å². The fourth-order valence-electron chi connectivity index (χ4n) is 4.34. The van der Waals surface area contributed by atoms with Crippen LogP contribution in [0, 0.1) is 24.1 Å². The Morgan fingerprint density at radius 3 is 2.82 bits per heavy atom. The van der Waals surface area contributed by atoms with Crippen molar-refractivity contribution in [2.24, 2.45) is 0 Å². The monoisotopic (exact) mass is 457 g/mol. The van der Waals surface area contributed by atoms with E-state index in [1.807, 2.05) is 33.2 Å². The van der Waals surface area contributed by atoms with Gasteiger partial charge in [-0.15, -0.1) is 0 Å². The minimum atomic E-state index is -0.285. The van der Waals surface area contributed by atoms with E-state index in [2.05, 4.69) is 26.3 Å². The van der Waals surface area contributed by atoms with Crippen molar-refractivity contribution >= 4 is 11.6 Å². The van der Waals surface area contributed by atoms with E-state index in [9.17, 15) is 9.65 Å². The smallest absolute Gasteiger partial charge is 0.208 e. The van der Waals surface area contributed by atoms with Crippen LogP contribution >= 0.6 is 0 Å². The maximum Gasteiger partial charge on any atom is 0.208 e. The Kier molecular flexibility index (Phi) is 5.59. The van der Waals surface area contributed by atoms with Gasteiger partial charge >= 0.3 is 0 Å². The molecule has 1 N–H and O–H groups in total. The van der Waals surface area contributed by atoms with Crippen molar-refractivity contribution in [3.63, 3.8) is 0 Å². The molecule has 0 fully saturated rings. The lowest BCUT2D eigenvalue weighted by Gasteiger charge is -2.14. The molecule has 4 heterocycles. The molecule has 1 aromatic carbocycles. The van der Waals surface area contributed by atoms with E-state index in [4.69, 9.17) is 9.72 Å². The van der Waals surface area contributed by atoms with Gasteiger partial charge in [0.2, 0.25) is 5.95 Å². The first kappa shape index (κ1) is 21.8. The van der Waals surface area contributed by atoms with E-state index in [0.717, 1.165) is 40.4 Å². The second-order valence-corrected chi connectivity index (χ2v) is 8.56. The lowest BCUT2D eigenvalue weighted by atomic mass is 10.0. The SMILES string of the molecule is Cc1nc(CN(C)C)ccc1-c1cnc(NCc2c(F)ccc3c2CCO3)n2cc(C#N)nc12. The van der Waals surface area contributed by atoms with Crippen LogP contribution in [-0.4, -0.2) is 45.0 Å². The van der Waals surface area contributed by atoms with E-state index in [1.54, 1.807) is 22.9 Å². The van der Waals surface area contributed by atoms with Crippen LogP contribution in [0.1, 0.15) is 28.2 Å². The summed E-state index contributed by atoms with van der Waals surface area (Å²) in [4.78, 5) is 15.9. The molecule has 1 aliphatic rings. The van der Waals surface area contributed by atoms with Crippen LogP contribution in [0.5, 0.6) is 5.75 Å². The molecule has 3 aromatic heterocycles. The first-order chi connectivity index (χ1) is 16.4. The average Bonchev–Trinajstić information content (AvgIpc) is 3.46. The molecule has 0 aliphatic carbocycles. The molecule has 4 aromatic rings. The number of fused-ring (bicyclic) bond motifs is 2. The van der Waals surface area contributed by atoms with Crippen molar-refractivity contribution in [2.75, 3.05) is 26.0 Å². The summed E-state index contributed by atoms with van der Waals surface area (Å²) < 4.78 is 21.9. The predicted octanol–water partition coefficient (Wildman–Crippen LogP) is 3.72. The van der Waals surface area contributed by atoms with E-state index in [-0.39, 0.29) is 18.1 Å². The Morgan fingerprint density at radius 2 is 2.06 bits per heavy atom. The summed E-state index contributed by atoms with van der Waals surface area (Å²) >= 11 is 0. The zero-order valence-corrected chi connectivity index (χ0v) is 19.3. The van der Waals surface area contributed by atoms with Crippen molar-refractivity contribution in [3.8, 4) is 22.9 Å². The fourth-order valence-corrected chi connectivity index (χ4v) is 4.34. The van der Waals surface area contributed by atoms with Gasteiger partial charge in [-0.3, -0.25) is 9.38 Å². The number of aromatic nitrogens is 4. The molecule has 0 unspecified atom stereocenters. The number of benzene rings is 1. The van der Waals surface area contributed by atoms with Crippen LogP contribution < -0.4 is 10.1 Å². The van der Waals surface area contributed by atoms with Gasteiger partial charge < -0.3 is 15.0 Å². The Hall–Kier alpha value is -4.03. The number of nitriles is 1. The minimum absolute atomic E-state index is 0.236. The normalized spacial score (nSPS) is 12.6. The van der Waals surface area contributed by atoms with Crippen LogP contribution in [0.4, 0.5) is 10.3 Å². The fraction of sp³-hybridized carbons (Fsp3) is 0.280. The van der Waals surface area contributed by atoms with Gasteiger partial charge in [-0.05, 0) is 39.2 Å². The summed E-state index contributed by atoms with van der Waals surface area (Å²) in [5.74, 6) is 0.910. The molecule has 8 nitrogen and oxygen atoms in total. The van der Waals surface area contributed by atoms with Crippen LogP contribution in [0.15, 0.2) is 36.7 Å². The maximum atomic E-state index is 14.6. The van der Waals surface area contributed by atoms with Gasteiger partial charge in [-0.1, -0.05) is 6.07 Å². The second-order valence-electron chi connectivity index (χ2n) is 8.56. The molecule has 1 aliphatic heterocycles. The molecular weight excluding hydrogens is 433 g/mol. The third-order valence-electron chi connectivity index (χ3n) is 5.88. The molecule has 5 rings (SSSR count). The third kappa shape index (κ3) is 3.93. The molecule has 0 saturated heterocycles. The standard InChI is InChI=1S/C25H24FN7O/c1-15-18(5-4-16(30-15)13-32(2)3)21-12-29-25(33-14-17(10-27)31-24(21)33)28-11-20-19-8-9-34-23(19)7-6-22(20)26/h4-7,12,14H,8-9,11,13H2,1-3H3,(H,28,29). The summed E-state index contributed by atoms with van der Waals surface area (Å²) in [5, 5.41) is 12.7. The van der Waals surface area contributed by atoms with Gasteiger partial charge in [-0.25, -0.2) is 14.4 Å². The van der Waals surface area contributed by atoms with Crippen molar-refractivity contribution in [1.82, 2.24) is 24.3 Å². The maximum absolute atomic E-state index is 14.6. The first-order valence-electron chi connectivity index (χ1n) is 11.0. The highest BCUT2D eigenvalue weighted by molar-refractivity contribution is 5.79. The quantitative estimate of drug-likeness (QED) is 0.472. The largest absolute Gasteiger partial charge is 0.493 e. The third-order valence-corrected chi connectivity index (χ3v) is 5.88. The number of halogens is 1. The first-order valence-corrected chi connectivity index (χ1v) is 11.0. The molecular formula is C25H24FN7O. The Morgan fingerprint density at radius 1 is 1.21 bits per heavy atom. The average molecular weight is 458 g/mol. The van der Waals surface area contributed by atoms with Gasteiger partial charge in [0.15, 0.2) is 11.3 Å². The number of nitrogens with one attached hydrogen (secondary N) is 1. The number of aryl methyl sites for hydroxylation is 1. The van der Waals surface area contributed by atoms with E-state index < -0.39 is 0 Å². The highest BCUT2D eigenvalue weighted by Crippen LogP contribution is 2.31. The van der Waals surface area contributed by atoms with Gasteiger partial charge in [-0.2, -0.15) is 5.26 Å². The molecule has 0 saturated carbocycles. The second kappa shape index (κ2) is 8.72. The number of anilines is 1. The van der Waals surface area contributed by atoms with Crippen LogP contribution in [0.3, 0.4) is 0 Å². The van der Waals surface area contributed by atoms with Crippen molar-refractivity contribution < 1.29 is 9.13 Å². The number of imidazole rings is 1. The van der Waals surface area contributed by atoms with Gasteiger partial charge in [0, 0.05) is 53.7 Å². The number of nitrogens with zero attached hydrogens (tertiary/aromatic N) is 6. The summed E-state index contributed by atoms with van der Waals surface area (Å²) in [6, 6.07) is 9.19. The zero-order valence-electron chi connectivity index (χ0n) is 19.3. The Balaban J connectivity index is 1.52. The highest BCUT2D eigenvalue weighted by Gasteiger charge is 2.20. The molecule has 34 heavy (non-hydrogen) atoms. The number of hydrogen-bond acceptors (Lipinski definition) is 7. The number of rotatable bonds is 6.